The van der Waals surface area contributed by atoms with Crippen LogP contribution in [-0.4, -0.2) is 9.97 Å². The van der Waals surface area contributed by atoms with E-state index in [2.05, 4.69) is 119 Å². The molecule has 0 saturated carbocycles. The molecular formula is C38H24N2S. The molecule has 0 aliphatic rings. The van der Waals surface area contributed by atoms with E-state index >= 15 is 0 Å². The number of benzene rings is 5. The second-order valence-corrected chi connectivity index (χ2v) is 11.3. The lowest BCUT2D eigenvalue weighted by Crippen LogP contribution is -1.87. The molecule has 2 nitrogen and oxygen atoms in total. The Morgan fingerprint density at radius 2 is 0.976 bits per heavy atom. The van der Waals surface area contributed by atoms with E-state index in [0.29, 0.717) is 0 Å². The molecule has 0 atom stereocenters. The van der Waals surface area contributed by atoms with Gasteiger partial charge in [0.05, 0.1) is 0 Å². The molecule has 192 valence electrons. The first kappa shape index (κ1) is 23.7. The van der Waals surface area contributed by atoms with Crippen molar-refractivity contribution in [2.24, 2.45) is 0 Å². The first-order chi connectivity index (χ1) is 20.3. The monoisotopic (exact) mass is 540 g/mol. The number of thiophene rings is 1. The molecule has 0 spiro atoms. The fourth-order valence-corrected chi connectivity index (χ4v) is 7.19. The van der Waals surface area contributed by atoms with Gasteiger partial charge in [-0.1, -0.05) is 84.9 Å². The van der Waals surface area contributed by atoms with Gasteiger partial charge in [0.2, 0.25) is 0 Å². The SMILES string of the molecule is c1cncc(-c2cc(-c3cccnc3)cc(-c3cccc4c3sc3c(-c5ccc6ccccc6c5)cccc34)c2)c1. The Bertz CT molecular complexity index is 2140. The maximum Gasteiger partial charge on any atom is 0.0434 e. The van der Waals surface area contributed by atoms with Gasteiger partial charge in [-0.2, -0.15) is 0 Å². The first-order valence-electron chi connectivity index (χ1n) is 13.7. The quantitative estimate of drug-likeness (QED) is 0.222. The number of aromatic nitrogens is 2. The molecule has 0 saturated heterocycles. The van der Waals surface area contributed by atoms with E-state index in [9.17, 15) is 0 Å². The summed E-state index contributed by atoms with van der Waals surface area (Å²) in [5.41, 5.74) is 9.44. The molecule has 3 aromatic heterocycles. The van der Waals surface area contributed by atoms with E-state index in [0.717, 1.165) is 22.3 Å². The third kappa shape index (κ3) is 4.19. The normalized spacial score (nSPS) is 11.4. The Morgan fingerprint density at radius 1 is 0.390 bits per heavy atom. The third-order valence-electron chi connectivity index (χ3n) is 7.82. The molecule has 0 N–H and O–H groups in total. The topological polar surface area (TPSA) is 25.8 Å². The average Bonchev–Trinajstić information content (AvgIpc) is 3.44. The average molecular weight is 541 g/mol. The molecule has 0 bridgehead atoms. The smallest absolute Gasteiger partial charge is 0.0434 e. The van der Waals surface area contributed by atoms with Crippen molar-refractivity contribution in [2.45, 2.75) is 0 Å². The molecule has 3 heterocycles. The summed E-state index contributed by atoms with van der Waals surface area (Å²) < 4.78 is 2.62. The van der Waals surface area contributed by atoms with Crippen molar-refractivity contribution in [1.82, 2.24) is 9.97 Å². The lowest BCUT2D eigenvalue weighted by Gasteiger charge is -2.11. The number of hydrogen-bond donors (Lipinski definition) is 0. The van der Waals surface area contributed by atoms with Crippen molar-refractivity contribution in [3.63, 3.8) is 0 Å². The van der Waals surface area contributed by atoms with Crippen LogP contribution >= 0.6 is 11.3 Å². The van der Waals surface area contributed by atoms with Crippen LogP contribution in [0.1, 0.15) is 0 Å². The third-order valence-corrected chi connectivity index (χ3v) is 9.11. The van der Waals surface area contributed by atoms with Gasteiger partial charge < -0.3 is 0 Å². The summed E-state index contributed by atoms with van der Waals surface area (Å²) in [7, 11) is 0. The first-order valence-corrected chi connectivity index (χ1v) is 14.5. The molecule has 41 heavy (non-hydrogen) atoms. The highest BCUT2D eigenvalue weighted by molar-refractivity contribution is 7.26. The summed E-state index contributed by atoms with van der Waals surface area (Å²) in [4.78, 5) is 8.78. The molecule has 8 rings (SSSR count). The van der Waals surface area contributed by atoms with Crippen LogP contribution in [0.2, 0.25) is 0 Å². The van der Waals surface area contributed by atoms with Crippen LogP contribution < -0.4 is 0 Å². The second-order valence-electron chi connectivity index (χ2n) is 10.3. The zero-order valence-electron chi connectivity index (χ0n) is 22.2. The Hall–Kier alpha value is -5.12. The van der Waals surface area contributed by atoms with Gasteiger partial charge in [-0.05, 0) is 80.6 Å². The predicted molar refractivity (Wildman–Crippen MR) is 174 cm³/mol. The Morgan fingerprint density at radius 3 is 1.59 bits per heavy atom. The van der Waals surface area contributed by atoms with E-state index in [1.165, 1.54) is 53.2 Å². The highest BCUT2D eigenvalue weighted by atomic mass is 32.1. The summed E-state index contributed by atoms with van der Waals surface area (Å²) in [5.74, 6) is 0. The maximum atomic E-state index is 4.39. The zero-order valence-corrected chi connectivity index (χ0v) is 23.0. The van der Waals surface area contributed by atoms with Crippen molar-refractivity contribution in [3.8, 4) is 44.5 Å². The van der Waals surface area contributed by atoms with Crippen molar-refractivity contribution >= 4 is 42.3 Å². The van der Waals surface area contributed by atoms with Gasteiger partial charge in [-0.3, -0.25) is 9.97 Å². The van der Waals surface area contributed by atoms with Crippen LogP contribution in [-0.2, 0) is 0 Å². The van der Waals surface area contributed by atoms with Gasteiger partial charge in [-0.15, -0.1) is 11.3 Å². The number of pyridine rings is 2. The molecule has 8 aromatic rings. The summed E-state index contributed by atoms with van der Waals surface area (Å²) in [6.45, 7) is 0. The number of fused-ring (bicyclic) bond motifs is 4. The standard InChI is InChI=1S/C38H24N2S/c1-2-8-26-19-27(16-15-25(26)7-1)33-11-3-13-35-36-14-4-12-34(38(36)41-37(33)35)32-21-30(28-9-5-17-39-23-28)20-31(22-32)29-10-6-18-40-24-29/h1-24H. The molecule has 0 unspecified atom stereocenters. The van der Waals surface area contributed by atoms with Crippen LogP contribution in [0.15, 0.2) is 146 Å². The number of rotatable bonds is 4. The fraction of sp³-hybridized carbons (Fsp3) is 0. The van der Waals surface area contributed by atoms with Gasteiger partial charge in [0.1, 0.15) is 0 Å². The van der Waals surface area contributed by atoms with Crippen LogP contribution in [0, 0.1) is 0 Å². The van der Waals surface area contributed by atoms with Gasteiger partial charge in [0.25, 0.3) is 0 Å². The fourth-order valence-electron chi connectivity index (χ4n) is 5.82. The zero-order chi connectivity index (χ0) is 27.2. The van der Waals surface area contributed by atoms with E-state index in [4.69, 9.17) is 0 Å². The van der Waals surface area contributed by atoms with Crippen molar-refractivity contribution in [1.29, 1.82) is 0 Å². The largest absolute Gasteiger partial charge is 0.264 e. The van der Waals surface area contributed by atoms with E-state index < -0.39 is 0 Å². The van der Waals surface area contributed by atoms with Crippen LogP contribution in [0.25, 0.3) is 75.5 Å². The second kappa shape index (κ2) is 9.81. The molecule has 0 aliphatic heterocycles. The molecular weight excluding hydrogens is 516 g/mol. The minimum absolute atomic E-state index is 1.10. The number of hydrogen-bond acceptors (Lipinski definition) is 3. The summed E-state index contributed by atoms with van der Waals surface area (Å²) >= 11 is 1.89. The minimum Gasteiger partial charge on any atom is -0.264 e. The Balaban J connectivity index is 1.36. The van der Waals surface area contributed by atoms with Crippen LogP contribution in [0.4, 0.5) is 0 Å². The lowest BCUT2D eigenvalue weighted by molar-refractivity contribution is 1.32. The Kier molecular flexibility index (Phi) is 5.68. The van der Waals surface area contributed by atoms with Crippen LogP contribution in [0.5, 0.6) is 0 Å². The molecule has 0 fully saturated rings. The lowest BCUT2D eigenvalue weighted by atomic mass is 9.93. The van der Waals surface area contributed by atoms with Gasteiger partial charge in [0, 0.05) is 56.1 Å². The van der Waals surface area contributed by atoms with Gasteiger partial charge in [0.15, 0.2) is 0 Å². The van der Waals surface area contributed by atoms with E-state index in [1.807, 2.05) is 48.3 Å². The predicted octanol–water partition coefficient (Wildman–Crippen LogP) is 10.7. The van der Waals surface area contributed by atoms with E-state index in [1.54, 1.807) is 0 Å². The molecule has 0 amide bonds. The highest BCUT2D eigenvalue weighted by Gasteiger charge is 2.15. The van der Waals surface area contributed by atoms with Gasteiger partial charge >= 0.3 is 0 Å². The summed E-state index contributed by atoms with van der Waals surface area (Å²) in [6.07, 6.45) is 7.50. The number of nitrogens with zero attached hydrogens (tertiary/aromatic N) is 2. The summed E-state index contributed by atoms with van der Waals surface area (Å²) in [6, 6.07) is 43.8. The van der Waals surface area contributed by atoms with Crippen LogP contribution in [0.3, 0.4) is 0 Å². The Labute approximate surface area is 242 Å². The highest BCUT2D eigenvalue weighted by Crippen LogP contribution is 2.45. The van der Waals surface area contributed by atoms with Crippen molar-refractivity contribution in [2.75, 3.05) is 0 Å². The van der Waals surface area contributed by atoms with Crippen molar-refractivity contribution in [3.05, 3.63) is 146 Å². The maximum absolute atomic E-state index is 4.39. The van der Waals surface area contributed by atoms with E-state index in [-0.39, 0.29) is 0 Å². The molecule has 0 radical (unpaired) electrons. The van der Waals surface area contributed by atoms with Gasteiger partial charge in [-0.25, -0.2) is 0 Å². The summed E-state index contributed by atoms with van der Waals surface area (Å²) in [5, 5.41) is 5.12. The molecule has 5 aromatic carbocycles. The molecule has 3 heteroatoms. The molecule has 0 aliphatic carbocycles. The van der Waals surface area contributed by atoms with Crippen molar-refractivity contribution < 1.29 is 0 Å². The minimum atomic E-state index is 1.10.